The summed E-state index contributed by atoms with van der Waals surface area (Å²) in [5.74, 6) is 0. The third-order valence-electron chi connectivity index (χ3n) is 4.97. The van der Waals surface area contributed by atoms with Crippen molar-refractivity contribution in [2.45, 2.75) is 71.2 Å². The van der Waals surface area contributed by atoms with Gasteiger partial charge in [-0.1, -0.05) is 11.6 Å². The predicted octanol–water partition coefficient (Wildman–Crippen LogP) is 4.62. The first-order valence-electron chi connectivity index (χ1n) is 9.45. The molecular weight excluding hydrogens is 418 g/mol. The maximum atomic E-state index is 12.8. The van der Waals surface area contributed by atoms with Crippen LogP contribution in [0.15, 0.2) is 4.40 Å². The maximum Gasteiger partial charge on any atom is 0.410 e. The number of nitrogens with zero attached hydrogens (tertiary/aromatic N) is 3. The van der Waals surface area contributed by atoms with E-state index in [1.807, 2.05) is 41.5 Å². The SMILES string of the molecule is CC(C)(C)OC(=O)N1CCC2(CC1)Cc1sc(Cl)nc1C2=N[S@](=O)C(C)(C)C. The molecule has 1 aliphatic carbocycles. The molecule has 2 aliphatic rings. The molecule has 3 rings (SSSR count). The molecule has 28 heavy (non-hydrogen) atoms. The second kappa shape index (κ2) is 7.36. The van der Waals surface area contributed by atoms with Crippen LogP contribution in [0.25, 0.3) is 0 Å². The van der Waals surface area contributed by atoms with Gasteiger partial charge in [0.05, 0.1) is 10.5 Å². The van der Waals surface area contributed by atoms with Crippen molar-refractivity contribution in [3.8, 4) is 0 Å². The molecule has 0 unspecified atom stereocenters. The van der Waals surface area contributed by atoms with Gasteiger partial charge in [-0.25, -0.2) is 14.0 Å². The zero-order valence-electron chi connectivity index (χ0n) is 17.3. The fourth-order valence-corrected chi connectivity index (χ4v) is 5.50. The Labute approximate surface area is 178 Å². The maximum absolute atomic E-state index is 12.8. The molecule has 0 saturated carbocycles. The first-order chi connectivity index (χ1) is 12.8. The Morgan fingerprint density at radius 2 is 1.86 bits per heavy atom. The number of piperidine rings is 1. The molecule has 1 amide bonds. The second-order valence-electron chi connectivity index (χ2n) is 9.46. The minimum atomic E-state index is -1.38. The van der Waals surface area contributed by atoms with Crippen LogP contribution in [0.3, 0.4) is 0 Å². The largest absolute Gasteiger partial charge is 0.444 e. The molecule has 2 heterocycles. The molecule has 0 aromatic carbocycles. The van der Waals surface area contributed by atoms with Crippen molar-refractivity contribution < 1.29 is 13.7 Å². The van der Waals surface area contributed by atoms with Gasteiger partial charge < -0.3 is 9.64 Å². The van der Waals surface area contributed by atoms with Crippen LogP contribution in [0, 0.1) is 5.41 Å². The summed E-state index contributed by atoms with van der Waals surface area (Å²) in [6.07, 6.45) is 1.99. The fourth-order valence-electron chi connectivity index (χ4n) is 3.49. The standard InChI is InChI=1S/C19H28ClN3O3S2/c1-17(2,3)26-16(24)23-9-7-19(8-10-23)11-12-13(21-15(20)27-12)14(19)22-28(25)18(4,5)6/h7-11H2,1-6H3/t28-/m1/s1. The molecule has 1 aromatic heterocycles. The summed E-state index contributed by atoms with van der Waals surface area (Å²) in [6, 6.07) is 0. The summed E-state index contributed by atoms with van der Waals surface area (Å²) < 4.78 is 23.0. The number of fused-ring (bicyclic) bond motifs is 1. The average Bonchev–Trinajstić information content (AvgIpc) is 3.00. The van der Waals surface area contributed by atoms with Crippen LogP contribution in [0.4, 0.5) is 4.79 Å². The molecule has 1 saturated heterocycles. The van der Waals surface area contributed by atoms with Crippen molar-refractivity contribution >= 4 is 45.7 Å². The van der Waals surface area contributed by atoms with Gasteiger partial charge in [0.15, 0.2) is 4.47 Å². The summed E-state index contributed by atoms with van der Waals surface area (Å²) in [5, 5.41) is 0. The van der Waals surface area contributed by atoms with Crippen molar-refractivity contribution in [1.29, 1.82) is 0 Å². The van der Waals surface area contributed by atoms with Gasteiger partial charge in [0.25, 0.3) is 0 Å². The van der Waals surface area contributed by atoms with Gasteiger partial charge in [-0.3, -0.25) is 0 Å². The topological polar surface area (TPSA) is 71.9 Å². The minimum absolute atomic E-state index is 0.238. The molecule has 6 nitrogen and oxygen atoms in total. The van der Waals surface area contributed by atoms with Gasteiger partial charge in [0, 0.05) is 23.4 Å². The zero-order chi connectivity index (χ0) is 20.9. The monoisotopic (exact) mass is 445 g/mol. The number of aromatic nitrogens is 1. The van der Waals surface area contributed by atoms with Crippen molar-refractivity contribution in [2.75, 3.05) is 13.1 Å². The van der Waals surface area contributed by atoms with Crippen LogP contribution in [0.1, 0.15) is 65.0 Å². The molecule has 1 spiro atoms. The van der Waals surface area contributed by atoms with Gasteiger partial charge in [-0.05, 0) is 60.8 Å². The minimum Gasteiger partial charge on any atom is -0.444 e. The lowest BCUT2D eigenvalue weighted by Crippen LogP contribution is -2.47. The number of hydrogen-bond acceptors (Lipinski definition) is 5. The van der Waals surface area contributed by atoms with Crippen molar-refractivity contribution in [1.82, 2.24) is 9.88 Å². The first-order valence-corrected chi connectivity index (χ1v) is 11.8. The third kappa shape index (κ3) is 4.44. The van der Waals surface area contributed by atoms with Crippen molar-refractivity contribution in [2.24, 2.45) is 9.81 Å². The van der Waals surface area contributed by atoms with E-state index in [1.165, 1.54) is 11.3 Å². The van der Waals surface area contributed by atoms with E-state index in [1.54, 1.807) is 4.90 Å². The highest BCUT2D eigenvalue weighted by molar-refractivity contribution is 7.85. The van der Waals surface area contributed by atoms with Gasteiger partial charge >= 0.3 is 6.09 Å². The number of thiazole rings is 1. The van der Waals surface area contributed by atoms with E-state index in [2.05, 4.69) is 9.38 Å². The molecule has 0 bridgehead atoms. The smallest absolute Gasteiger partial charge is 0.410 e. The molecule has 9 heteroatoms. The Bertz CT molecular complexity index is 828. The molecular formula is C19H28ClN3O3S2. The van der Waals surface area contributed by atoms with E-state index in [0.29, 0.717) is 17.6 Å². The molecule has 1 aromatic rings. The van der Waals surface area contributed by atoms with E-state index in [4.69, 9.17) is 16.3 Å². The van der Waals surface area contributed by atoms with E-state index in [0.717, 1.165) is 35.5 Å². The number of rotatable bonds is 1. The normalized spacial score (nSPS) is 21.8. The summed E-state index contributed by atoms with van der Waals surface area (Å²) in [5.41, 5.74) is 0.833. The Morgan fingerprint density at radius 1 is 1.25 bits per heavy atom. The van der Waals surface area contributed by atoms with Gasteiger partial charge in [0.2, 0.25) is 0 Å². The lowest BCUT2D eigenvalue weighted by molar-refractivity contribution is 0.0159. The van der Waals surface area contributed by atoms with Crippen LogP contribution < -0.4 is 0 Å². The van der Waals surface area contributed by atoms with Gasteiger partial charge in [-0.2, -0.15) is 4.40 Å². The summed E-state index contributed by atoms with van der Waals surface area (Å²) >= 11 is 7.60. The molecule has 1 fully saturated rings. The quantitative estimate of drug-likeness (QED) is 0.632. The molecule has 0 N–H and O–H groups in total. The highest BCUT2D eigenvalue weighted by atomic mass is 35.5. The van der Waals surface area contributed by atoms with Crippen LogP contribution in [0.2, 0.25) is 4.47 Å². The Kier molecular flexibility index (Phi) is 5.71. The highest BCUT2D eigenvalue weighted by Crippen LogP contribution is 2.48. The van der Waals surface area contributed by atoms with Gasteiger partial charge in [-0.15, -0.1) is 11.3 Å². The highest BCUT2D eigenvalue weighted by Gasteiger charge is 2.49. The molecule has 1 aliphatic heterocycles. The van der Waals surface area contributed by atoms with E-state index >= 15 is 0 Å². The van der Waals surface area contributed by atoms with Crippen LogP contribution in [-0.2, 0) is 22.1 Å². The second-order valence-corrected chi connectivity index (χ2v) is 13.0. The van der Waals surface area contributed by atoms with Crippen molar-refractivity contribution in [3.63, 3.8) is 0 Å². The summed E-state index contributed by atoms with van der Waals surface area (Å²) in [7, 11) is -1.38. The van der Waals surface area contributed by atoms with E-state index < -0.39 is 21.3 Å². The fraction of sp³-hybridized carbons (Fsp3) is 0.737. The third-order valence-corrected chi connectivity index (χ3v) is 7.52. The number of carbonyl (C=O) groups excluding carboxylic acids is 1. The number of hydrogen-bond donors (Lipinski definition) is 0. The van der Waals surface area contributed by atoms with E-state index in [9.17, 15) is 9.00 Å². The Hall–Kier alpha value is -0.990. The molecule has 0 radical (unpaired) electrons. The van der Waals surface area contributed by atoms with Crippen LogP contribution >= 0.6 is 22.9 Å². The van der Waals surface area contributed by atoms with E-state index in [-0.39, 0.29) is 11.5 Å². The number of ether oxygens (including phenoxy) is 1. The lowest BCUT2D eigenvalue weighted by atomic mass is 9.75. The van der Waals surface area contributed by atoms with Crippen LogP contribution in [0.5, 0.6) is 0 Å². The number of amides is 1. The Balaban J connectivity index is 1.85. The lowest BCUT2D eigenvalue weighted by Gasteiger charge is -2.39. The first kappa shape index (κ1) is 21.7. The number of halogens is 1. The number of carbonyl (C=O) groups is 1. The average molecular weight is 446 g/mol. The molecule has 156 valence electrons. The summed E-state index contributed by atoms with van der Waals surface area (Å²) in [6.45, 7) is 12.5. The number of likely N-dealkylation sites (tertiary alicyclic amines) is 1. The van der Waals surface area contributed by atoms with Crippen molar-refractivity contribution in [3.05, 3.63) is 15.0 Å². The predicted molar refractivity (Wildman–Crippen MR) is 115 cm³/mol. The Morgan fingerprint density at radius 3 is 2.39 bits per heavy atom. The van der Waals surface area contributed by atoms with Crippen LogP contribution in [-0.4, -0.2) is 49.3 Å². The zero-order valence-corrected chi connectivity index (χ0v) is 19.7. The molecule has 1 atom stereocenters. The summed E-state index contributed by atoms with van der Waals surface area (Å²) in [4.78, 5) is 19.7. The van der Waals surface area contributed by atoms with Gasteiger partial charge in [0.1, 0.15) is 22.3 Å².